The van der Waals surface area contributed by atoms with Gasteiger partial charge in [-0.1, -0.05) is 11.6 Å². The first-order chi connectivity index (χ1) is 9.58. The maximum absolute atomic E-state index is 12.0. The van der Waals surface area contributed by atoms with Crippen molar-refractivity contribution in [2.24, 2.45) is 0 Å². The van der Waals surface area contributed by atoms with Crippen LogP contribution in [0.5, 0.6) is 0 Å². The van der Waals surface area contributed by atoms with Gasteiger partial charge < -0.3 is 5.32 Å². The van der Waals surface area contributed by atoms with Crippen LogP contribution < -0.4 is 5.32 Å². The molecular formula is C11H8ClN5O3. The summed E-state index contributed by atoms with van der Waals surface area (Å²) >= 11 is 5.65. The molecule has 0 aliphatic rings. The first-order valence-electron chi connectivity index (χ1n) is 5.41. The molecule has 8 nitrogen and oxygen atoms in total. The van der Waals surface area contributed by atoms with Gasteiger partial charge in [0.15, 0.2) is 0 Å². The Hall–Kier alpha value is -2.61. The summed E-state index contributed by atoms with van der Waals surface area (Å²) in [5, 5.41) is 13.4. The van der Waals surface area contributed by atoms with Gasteiger partial charge in [-0.2, -0.15) is 0 Å². The summed E-state index contributed by atoms with van der Waals surface area (Å²) in [6.07, 6.45) is 3.81. The zero-order valence-electron chi connectivity index (χ0n) is 9.99. The Morgan fingerprint density at radius 1 is 1.45 bits per heavy atom. The molecule has 0 fully saturated rings. The predicted octanol–water partition coefficient (Wildman–Crippen LogP) is 1.36. The number of halogens is 1. The highest BCUT2D eigenvalue weighted by Crippen LogP contribution is 2.20. The van der Waals surface area contributed by atoms with Crippen molar-refractivity contribution in [3.8, 4) is 0 Å². The topological polar surface area (TPSA) is 111 Å². The fraction of sp³-hybridized carbons (Fsp3) is 0.0909. The third-order valence-corrected chi connectivity index (χ3v) is 2.57. The largest absolute Gasteiger partial charge is 0.346 e. The first-order valence-corrected chi connectivity index (χ1v) is 5.78. The van der Waals surface area contributed by atoms with Crippen LogP contribution in [0.4, 0.5) is 5.69 Å². The molecule has 0 aromatic carbocycles. The number of nitro groups is 1. The van der Waals surface area contributed by atoms with E-state index in [1.165, 1.54) is 12.5 Å². The van der Waals surface area contributed by atoms with Crippen molar-refractivity contribution >= 4 is 23.2 Å². The van der Waals surface area contributed by atoms with Crippen LogP contribution in [0.3, 0.4) is 0 Å². The zero-order chi connectivity index (χ0) is 14.5. The number of hydrogen-bond acceptors (Lipinski definition) is 6. The Balaban J connectivity index is 2.17. The number of carbonyl (C=O) groups is 1. The van der Waals surface area contributed by atoms with Gasteiger partial charge in [-0.3, -0.25) is 14.9 Å². The van der Waals surface area contributed by atoms with E-state index >= 15 is 0 Å². The second-order valence-electron chi connectivity index (χ2n) is 3.66. The van der Waals surface area contributed by atoms with Gasteiger partial charge >= 0.3 is 0 Å². The summed E-state index contributed by atoms with van der Waals surface area (Å²) in [5.74, 6) is -0.625. The lowest BCUT2D eigenvalue weighted by Gasteiger charge is -2.05. The maximum atomic E-state index is 12.0. The van der Waals surface area contributed by atoms with E-state index in [1.807, 2.05) is 0 Å². The van der Waals surface area contributed by atoms with Crippen LogP contribution in [-0.2, 0) is 6.54 Å². The van der Waals surface area contributed by atoms with Crippen molar-refractivity contribution in [2.75, 3.05) is 0 Å². The second kappa shape index (κ2) is 6.02. The Morgan fingerprint density at radius 3 is 2.90 bits per heavy atom. The minimum atomic E-state index is -0.692. The number of nitrogens with zero attached hydrogens (tertiary/aromatic N) is 4. The normalized spacial score (nSPS) is 10.1. The minimum Gasteiger partial charge on any atom is -0.346 e. The van der Waals surface area contributed by atoms with Crippen LogP contribution in [-0.4, -0.2) is 25.8 Å². The minimum absolute atomic E-state index is 0.00258. The second-order valence-corrected chi connectivity index (χ2v) is 4.05. The lowest BCUT2D eigenvalue weighted by atomic mass is 10.2. The third kappa shape index (κ3) is 3.23. The SMILES string of the molecule is O=C(NCc1ccncn1)c1cc(Cl)ncc1[N+](=O)[O-]. The third-order valence-electron chi connectivity index (χ3n) is 2.36. The fourth-order valence-electron chi connectivity index (χ4n) is 1.44. The van der Waals surface area contributed by atoms with Crippen molar-refractivity contribution in [2.45, 2.75) is 6.54 Å². The van der Waals surface area contributed by atoms with E-state index in [4.69, 9.17) is 11.6 Å². The average Bonchev–Trinajstić information content (AvgIpc) is 2.45. The van der Waals surface area contributed by atoms with Gasteiger partial charge in [0.1, 0.15) is 23.2 Å². The summed E-state index contributed by atoms with van der Waals surface area (Å²) < 4.78 is 0. The molecule has 0 aliphatic heterocycles. The van der Waals surface area contributed by atoms with Crippen LogP contribution in [0.25, 0.3) is 0 Å². The van der Waals surface area contributed by atoms with Crippen molar-refractivity contribution in [3.05, 3.63) is 57.4 Å². The number of carbonyl (C=O) groups excluding carboxylic acids is 1. The van der Waals surface area contributed by atoms with E-state index in [2.05, 4.69) is 20.3 Å². The molecule has 0 atom stereocenters. The monoisotopic (exact) mass is 293 g/mol. The summed E-state index contributed by atoms with van der Waals surface area (Å²) in [7, 11) is 0. The molecular weight excluding hydrogens is 286 g/mol. The van der Waals surface area contributed by atoms with Gasteiger partial charge in [-0.05, 0) is 12.1 Å². The van der Waals surface area contributed by atoms with Gasteiger partial charge in [0.2, 0.25) is 0 Å². The van der Waals surface area contributed by atoms with Crippen LogP contribution in [0.2, 0.25) is 5.15 Å². The standard InChI is InChI=1S/C11H8ClN5O3/c12-10-3-8(9(5-14-10)17(19)20)11(18)15-4-7-1-2-13-6-16-7/h1-3,5-6H,4H2,(H,15,18). The van der Waals surface area contributed by atoms with E-state index in [0.29, 0.717) is 5.69 Å². The van der Waals surface area contributed by atoms with Gasteiger partial charge in [0.25, 0.3) is 11.6 Å². The molecule has 0 unspecified atom stereocenters. The summed E-state index contributed by atoms with van der Waals surface area (Å²) in [6.45, 7) is 0.123. The molecule has 9 heteroatoms. The van der Waals surface area contributed by atoms with Gasteiger partial charge in [0.05, 0.1) is 17.2 Å². The van der Waals surface area contributed by atoms with E-state index in [0.717, 1.165) is 12.3 Å². The smallest absolute Gasteiger partial charge is 0.300 e. The Kier molecular flexibility index (Phi) is 4.16. The van der Waals surface area contributed by atoms with Crippen molar-refractivity contribution in [3.63, 3.8) is 0 Å². The van der Waals surface area contributed by atoms with E-state index in [1.54, 1.807) is 6.07 Å². The van der Waals surface area contributed by atoms with Crippen LogP contribution in [0, 0.1) is 10.1 Å². The number of nitrogens with one attached hydrogen (secondary N) is 1. The molecule has 0 bridgehead atoms. The molecule has 2 aromatic heterocycles. The Bertz CT molecular complexity index is 650. The predicted molar refractivity (Wildman–Crippen MR) is 69.1 cm³/mol. The first kappa shape index (κ1) is 13.8. The molecule has 0 saturated heterocycles. The average molecular weight is 294 g/mol. The maximum Gasteiger partial charge on any atom is 0.300 e. The quantitative estimate of drug-likeness (QED) is 0.517. The molecule has 2 rings (SSSR count). The highest BCUT2D eigenvalue weighted by Gasteiger charge is 2.21. The molecule has 2 heterocycles. The molecule has 2 aromatic rings. The summed E-state index contributed by atoms with van der Waals surface area (Å²) in [4.78, 5) is 33.3. The van der Waals surface area contributed by atoms with Crippen LogP contribution >= 0.6 is 11.6 Å². The molecule has 0 aliphatic carbocycles. The molecule has 102 valence electrons. The summed E-state index contributed by atoms with van der Waals surface area (Å²) in [5.41, 5.74) is 0.0230. The van der Waals surface area contributed by atoms with E-state index in [9.17, 15) is 14.9 Å². The van der Waals surface area contributed by atoms with Crippen molar-refractivity contribution in [1.29, 1.82) is 0 Å². The van der Waals surface area contributed by atoms with Crippen molar-refractivity contribution in [1.82, 2.24) is 20.3 Å². The van der Waals surface area contributed by atoms with Gasteiger partial charge in [-0.15, -0.1) is 0 Å². The Morgan fingerprint density at radius 2 is 2.25 bits per heavy atom. The molecule has 0 saturated carbocycles. The molecule has 0 radical (unpaired) electrons. The number of hydrogen-bond donors (Lipinski definition) is 1. The number of aromatic nitrogens is 3. The fourth-order valence-corrected chi connectivity index (χ4v) is 1.60. The molecule has 1 N–H and O–H groups in total. The Labute approximate surface area is 118 Å². The van der Waals surface area contributed by atoms with Crippen LogP contribution in [0.1, 0.15) is 16.1 Å². The highest BCUT2D eigenvalue weighted by molar-refractivity contribution is 6.29. The van der Waals surface area contributed by atoms with E-state index in [-0.39, 0.29) is 17.3 Å². The number of amides is 1. The van der Waals surface area contributed by atoms with E-state index < -0.39 is 16.5 Å². The van der Waals surface area contributed by atoms with Gasteiger partial charge in [-0.25, -0.2) is 15.0 Å². The lowest BCUT2D eigenvalue weighted by Crippen LogP contribution is -2.24. The summed E-state index contributed by atoms with van der Waals surface area (Å²) in [6, 6.07) is 2.77. The molecule has 20 heavy (non-hydrogen) atoms. The highest BCUT2D eigenvalue weighted by atomic mass is 35.5. The number of pyridine rings is 1. The zero-order valence-corrected chi connectivity index (χ0v) is 10.7. The van der Waals surface area contributed by atoms with Crippen molar-refractivity contribution < 1.29 is 9.72 Å². The lowest BCUT2D eigenvalue weighted by molar-refractivity contribution is -0.385. The molecule has 1 amide bonds. The van der Waals surface area contributed by atoms with Crippen LogP contribution in [0.15, 0.2) is 30.9 Å². The molecule has 0 spiro atoms. The van der Waals surface area contributed by atoms with Gasteiger partial charge in [0, 0.05) is 6.20 Å². The number of rotatable bonds is 4.